The van der Waals surface area contributed by atoms with Crippen molar-refractivity contribution in [1.29, 1.82) is 0 Å². The lowest BCUT2D eigenvalue weighted by atomic mass is 10.1. The molecule has 0 amide bonds. The van der Waals surface area contributed by atoms with Gasteiger partial charge in [-0.3, -0.25) is 4.99 Å². The van der Waals surface area contributed by atoms with Gasteiger partial charge in [0.15, 0.2) is 5.96 Å². The Labute approximate surface area is 187 Å². The van der Waals surface area contributed by atoms with E-state index in [1.807, 2.05) is 7.05 Å². The van der Waals surface area contributed by atoms with Crippen LogP contribution in [0, 0.1) is 5.92 Å². The van der Waals surface area contributed by atoms with Crippen molar-refractivity contribution >= 4 is 35.6 Å². The summed E-state index contributed by atoms with van der Waals surface area (Å²) in [6.45, 7) is 6.21. The molecule has 1 aliphatic heterocycles. The smallest absolute Gasteiger partial charge is 0.190 e. The number of para-hydroxylation sites is 1. The van der Waals surface area contributed by atoms with Gasteiger partial charge in [-0.15, -0.1) is 24.0 Å². The largest absolute Gasteiger partial charge is 0.381 e. The predicted molar refractivity (Wildman–Crippen MR) is 128 cm³/mol. The lowest BCUT2D eigenvalue weighted by Crippen LogP contribution is -2.38. The molecule has 0 radical (unpaired) electrons. The molecule has 1 aromatic rings. The number of benzene rings is 1. The number of hydrogen-bond acceptors (Lipinski definition) is 4. The van der Waals surface area contributed by atoms with Gasteiger partial charge in [-0.05, 0) is 37.8 Å². The predicted octanol–water partition coefficient (Wildman–Crippen LogP) is 3.13. The maximum absolute atomic E-state index is 5.72. The molecule has 0 saturated carbocycles. The van der Waals surface area contributed by atoms with Crippen LogP contribution in [0.15, 0.2) is 35.3 Å². The third-order valence-electron chi connectivity index (χ3n) is 4.77. The lowest BCUT2D eigenvalue weighted by Gasteiger charge is -2.19. The van der Waals surface area contributed by atoms with E-state index in [4.69, 9.17) is 9.47 Å². The minimum absolute atomic E-state index is 0. The molecule has 28 heavy (non-hydrogen) atoms. The van der Waals surface area contributed by atoms with Crippen LogP contribution in [0.4, 0.5) is 5.69 Å². The van der Waals surface area contributed by atoms with E-state index in [2.05, 4.69) is 57.9 Å². The Kier molecular flexibility index (Phi) is 14.1. The summed E-state index contributed by atoms with van der Waals surface area (Å²) in [5.74, 6) is 1.46. The fourth-order valence-electron chi connectivity index (χ4n) is 3.06. The molecular weight excluding hydrogens is 467 g/mol. The fourth-order valence-corrected chi connectivity index (χ4v) is 3.06. The minimum Gasteiger partial charge on any atom is -0.381 e. The third kappa shape index (κ3) is 10.5. The first-order chi connectivity index (χ1) is 13.3. The van der Waals surface area contributed by atoms with Crippen molar-refractivity contribution in [3.63, 3.8) is 0 Å². The van der Waals surface area contributed by atoms with Crippen LogP contribution in [0.5, 0.6) is 0 Å². The number of unbranched alkanes of at least 4 members (excludes halogenated alkanes) is 1. The van der Waals surface area contributed by atoms with Crippen molar-refractivity contribution in [2.45, 2.75) is 25.7 Å². The molecule has 1 atom stereocenters. The number of nitrogens with one attached hydrogen (secondary N) is 2. The molecule has 0 aromatic heterocycles. The molecule has 2 rings (SSSR count). The minimum atomic E-state index is 0. The summed E-state index contributed by atoms with van der Waals surface area (Å²) < 4.78 is 11.1. The van der Waals surface area contributed by atoms with Crippen molar-refractivity contribution in [3.05, 3.63) is 30.3 Å². The highest BCUT2D eigenvalue weighted by Crippen LogP contribution is 2.12. The van der Waals surface area contributed by atoms with E-state index < -0.39 is 0 Å². The van der Waals surface area contributed by atoms with Crippen LogP contribution in [-0.2, 0) is 9.47 Å². The van der Waals surface area contributed by atoms with Crippen LogP contribution < -0.4 is 15.5 Å². The maximum atomic E-state index is 5.72. The summed E-state index contributed by atoms with van der Waals surface area (Å²) in [5.41, 5.74) is 1.27. The average Bonchev–Trinajstić information content (AvgIpc) is 3.22. The summed E-state index contributed by atoms with van der Waals surface area (Å²) in [6.07, 6.45) is 4.38. The number of anilines is 1. The molecule has 0 spiro atoms. The molecule has 1 fully saturated rings. The van der Waals surface area contributed by atoms with Crippen LogP contribution in [0.2, 0.25) is 0 Å². The van der Waals surface area contributed by atoms with E-state index in [1.165, 1.54) is 5.69 Å². The standard InChI is InChI=1S/C21H36N4O2.HI/c1-22-21(24-13-8-15-26-17-19-11-16-27-18-19)23-12-6-7-14-25(2)20-9-4-3-5-10-20;/h3-5,9-10,19H,6-8,11-18H2,1-2H3,(H2,22,23,24);1H. The van der Waals surface area contributed by atoms with Gasteiger partial charge < -0.3 is 25.0 Å². The highest BCUT2D eigenvalue weighted by atomic mass is 127. The van der Waals surface area contributed by atoms with Gasteiger partial charge in [0, 0.05) is 58.5 Å². The Balaban J connectivity index is 0.00000392. The van der Waals surface area contributed by atoms with Gasteiger partial charge in [-0.25, -0.2) is 0 Å². The van der Waals surface area contributed by atoms with E-state index in [0.717, 1.165) is 77.7 Å². The zero-order valence-corrected chi connectivity index (χ0v) is 19.7. The number of nitrogens with zero attached hydrogens (tertiary/aromatic N) is 2. The fraction of sp³-hybridized carbons (Fsp3) is 0.667. The molecule has 2 N–H and O–H groups in total. The molecule has 160 valence electrons. The van der Waals surface area contributed by atoms with Gasteiger partial charge in [0.25, 0.3) is 0 Å². The number of guanidine groups is 1. The Morgan fingerprint density at radius 1 is 1.18 bits per heavy atom. The van der Waals surface area contributed by atoms with E-state index in [-0.39, 0.29) is 24.0 Å². The molecule has 1 aromatic carbocycles. The van der Waals surface area contributed by atoms with E-state index >= 15 is 0 Å². The third-order valence-corrected chi connectivity index (χ3v) is 4.77. The topological polar surface area (TPSA) is 58.1 Å². The van der Waals surface area contributed by atoms with Crippen molar-refractivity contribution in [2.24, 2.45) is 10.9 Å². The molecule has 0 aliphatic carbocycles. The maximum Gasteiger partial charge on any atom is 0.190 e. The van der Waals surface area contributed by atoms with Crippen LogP contribution >= 0.6 is 24.0 Å². The summed E-state index contributed by atoms with van der Waals surface area (Å²) in [7, 11) is 3.96. The number of halogens is 1. The van der Waals surface area contributed by atoms with Crippen LogP contribution in [0.1, 0.15) is 25.7 Å². The first-order valence-corrected chi connectivity index (χ1v) is 10.2. The second-order valence-corrected chi connectivity index (χ2v) is 7.05. The van der Waals surface area contributed by atoms with Crippen LogP contribution in [0.3, 0.4) is 0 Å². The number of rotatable bonds is 12. The zero-order valence-electron chi connectivity index (χ0n) is 17.4. The summed E-state index contributed by atoms with van der Waals surface area (Å²) >= 11 is 0. The second kappa shape index (κ2) is 15.8. The molecule has 1 heterocycles. The summed E-state index contributed by atoms with van der Waals surface area (Å²) in [4.78, 5) is 6.57. The van der Waals surface area contributed by atoms with E-state index in [0.29, 0.717) is 5.92 Å². The monoisotopic (exact) mass is 504 g/mol. The first-order valence-electron chi connectivity index (χ1n) is 10.2. The summed E-state index contributed by atoms with van der Waals surface area (Å²) in [6, 6.07) is 10.5. The Hall–Kier alpha value is -1.06. The van der Waals surface area contributed by atoms with Crippen molar-refractivity contribution < 1.29 is 9.47 Å². The highest BCUT2D eigenvalue weighted by molar-refractivity contribution is 14.0. The van der Waals surface area contributed by atoms with Crippen molar-refractivity contribution in [2.75, 3.05) is 65.1 Å². The first kappa shape index (κ1) is 25.0. The van der Waals surface area contributed by atoms with Gasteiger partial charge in [-0.2, -0.15) is 0 Å². The van der Waals surface area contributed by atoms with Gasteiger partial charge in [0.1, 0.15) is 0 Å². The lowest BCUT2D eigenvalue weighted by molar-refractivity contribution is 0.0888. The molecular formula is C21H37IN4O2. The highest BCUT2D eigenvalue weighted by Gasteiger charge is 2.15. The van der Waals surface area contributed by atoms with Gasteiger partial charge >= 0.3 is 0 Å². The molecule has 0 bridgehead atoms. The molecule has 7 heteroatoms. The molecule has 1 aliphatic rings. The SMILES string of the molecule is CN=C(NCCCCN(C)c1ccccc1)NCCCOCC1CCOC1.I. The van der Waals surface area contributed by atoms with Crippen molar-refractivity contribution in [3.8, 4) is 0 Å². The van der Waals surface area contributed by atoms with Gasteiger partial charge in [0.2, 0.25) is 0 Å². The average molecular weight is 504 g/mol. The number of aliphatic imine (C=N–C) groups is 1. The molecule has 1 unspecified atom stereocenters. The van der Waals surface area contributed by atoms with E-state index in [1.54, 1.807) is 0 Å². The Morgan fingerprint density at radius 3 is 2.61 bits per heavy atom. The zero-order chi connectivity index (χ0) is 19.2. The number of ether oxygens (including phenoxy) is 2. The summed E-state index contributed by atoms with van der Waals surface area (Å²) in [5, 5.41) is 6.73. The van der Waals surface area contributed by atoms with Gasteiger partial charge in [0.05, 0.1) is 13.2 Å². The van der Waals surface area contributed by atoms with Crippen LogP contribution in [0.25, 0.3) is 0 Å². The molecule has 6 nitrogen and oxygen atoms in total. The van der Waals surface area contributed by atoms with Crippen LogP contribution in [-0.4, -0.2) is 66.1 Å². The molecule has 1 saturated heterocycles. The Bertz CT molecular complexity index is 524. The quantitative estimate of drug-likeness (QED) is 0.198. The second-order valence-electron chi connectivity index (χ2n) is 7.05. The Morgan fingerprint density at radius 2 is 1.93 bits per heavy atom. The van der Waals surface area contributed by atoms with Crippen molar-refractivity contribution in [1.82, 2.24) is 10.6 Å². The normalized spacial score (nSPS) is 16.5. The van der Waals surface area contributed by atoms with Gasteiger partial charge in [-0.1, -0.05) is 18.2 Å². The number of hydrogen-bond donors (Lipinski definition) is 2. The van der Waals surface area contributed by atoms with E-state index in [9.17, 15) is 0 Å².